The lowest BCUT2D eigenvalue weighted by Crippen LogP contribution is -2.42. The molecule has 0 aliphatic carbocycles. The summed E-state index contributed by atoms with van der Waals surface area (Å²) in [7, 11) is -6.63. The van der Waals surface area contributed by atoms with Crippen LogP contribution in [0.1, 0.15) is 76.6 Å². The molecule has 0 aliphatic rings. The first-order valence-corrected chi connectivity index (χ1v) is 33.1. The molecule has 2 heterocycles. The van der Waals surface area contributed by atoms with E-state index in [1.165, 1.54) is 22.3 Å². The van der Waals surface area contributed by atoms with Crippen molar-refractivity contribution in [1.29, 1.82) is 0 Å². The lowest BCUT2D eigenvalue weighted by molar-refractivity contribution is 0.542. The average Bonchev–Trinajstić information content (AvgIpc) is 3.63. The normalized spacial score (nSPS) is 13.8. The van der Waals surface area contributed by atoms with Gasteiger partial charge in [-0.3, -0.25) is 0 Å². The van der Waals surface area contributed by atoms with Gasteiger partial charge in [-0.15, -0.1) is 0 Å². The van der Waals surface area contributed by atoms with Crippen LogP contribution in [0.25, 0.3) is 45.1 Å². The third kappa shape index (κ3) is 11.2. The zero-order valence-corrected chi connectivity index (χ0v) is 40.4. The van der Waals surface area contributed by atoms with Gasteiger partial charge in [0.15, 0.2) is 44.4 Å². The van der Waals surface area contributed by atoms with Gasteiger partial charge in [0.1, 0.15) is 11.0 Å². The molecular weight excluding hydrogens is 733 g/mol. The van der Waals surface area contributed by atoms with Crippen molar-refractivity contribution in [1.82, 2.24) is 9.97 Å². The third-order valence-electron chi connectivity index (χ3n) is 9.86. The molecule has 0 atom stereocenters. The number of hydrogen-bond donors (Lipinski definition) is 0. The molecule has 294 valence electrons. The van der Waals surface area contributed by atoms with Gasteiger partial charge >= 0.3 is 0 Å². The van der Waals surface area contributed by atoms with Crippen molar-refractivity contribution in [2.75, 3.05) is 0 Å². The van der Waals surface area contributed by atoms with Gasteiger partial charge in [0.2, 0.25) is 11.8 Å². The molecule has 2 aromatic heterocycles. The summed E-state index contributed by atoms with van der Waals surface area (Å²) in [4.78, 5) is 10.1. The van der Waals surface area contributed by atoms with E-state index in [-0.39, 0.29) is 10.8 Å². The summed E-state index contributed by atoms with van der Waals surface area (Å²) < 4.78 is 26.5. The molecule has 0 saturated carbocycles. The summed E-state index contributed by atoms with van der Waals surface area (Å²) in [5.74, 6) is 1.28. The molecular formula is C44H68N2O4Si4. The van der Waals surface area contributed by atoms with E-state index in [2.05, 4.69) is 156 Å². The summed E-state index contributed by atoms with van der Waals surface area (Å²) in [5.41, 5.74) is 10.6. The highest BCUT2D eigenvalue weighted by atomic mass is 28.4. The predicted molar refractivity (Wildman–Crippen MR) is 240 cm³/mol. The second-order valence-corrected chi connectivity index (χ2v) is 38.9. The molecule has 0 fully saturated rings. The molecule has 0 N–H and O–H groups in total. The zero-order valence-electron chi connectivity index (χ0n) is 36.4. The third-order valence-corrected chi connectivity index (χ3v) is 22.3. The van der Waals surface area contributed by atoms with Crippen LogP contribution in [0.3, 0.4) is 0 Å². The van der Waals surface area contributed by atoms with Crippen molar-refractivity contribution in [2.24, 2.45) is 0 Å². The lowest BCUT2D eigenvalue weighted by atomic mass is 9.85. The van der Waals surface area contributed by atoms with Crippen LogP contribution < -0.4 is 0 Å². The zero-order chi connectivity index (χ0) is 40.1. The second-order valence-electron chi connectivity index (χ2n) is 20.7. The smallest absolute Gasteiger partial charge is 0.227 e. The van der Waals surface area contributed by atoms with E-state index in [1.54, 1.807) is 0 Å². The van der Waals surface area contributed by atoms with E-state index in [0.717, 1.165) is 71.1 Å². The van der Waals surface area contributed by atoms with E-state index < -0.39 is 33.3 Å². The number of fused-ring (bicyclic) bond motifs is 2. The van der Waals surface area contributed by atoms with Crippen molar-refractivity contribution in [3.05, 3.63) is 70.8 Å². The Morgan fingerprint density at radius 3 is 1.15 bits per heavy atom. The van der Waals surface area contributed by atoms with Crippen LogP contribution >= 0.6 is 0 Å². The monoisotopic (exact) mass is 800 g/mol. The fraction of sp³-hybridized carbons (Fsp3) is 0.545. The largest absolute Gasteiger partial charge is 0.456 e. The van der Waals surface area contributed by atoms with Crippen LogP contribution in [0.5, 0.6) is 0 Å². The first-order chi connectivity index (χ1) is 24.7. The maximum atomic E-state index is 6.64. The lowest BCUT2D eigenvalue weighted by Gasteiger charge is -2.31. The van der Waals surface area contributed by atoms with Gasteiger partial charge in [0, 0.05) is 11.1 Å². The van der Waals surface area contributed by atoms with Gasteiger partial charge in [0.05, 0.1) is 0 Å². The Morgan fingerprint density at radius 1 is 0.519 bits per heavy atom. The van der Waals surface area contributed by atoms with E-state index in [0.29, 0.717) is 11.8 Å². The molecule has 0 saturated heterocycles. The van der Waals surface area contributed by atoms with Crippen LogP contribution in [0.2, 0.25) is 77.6 Å². The summed E-state index contributed by atoms with van der Waals surface area (Å²) in [6.45, 7) is 36.8. The number of hydrogen-bond acceptors (Lipinski definition) is 6. The van der Waals surface area contributed by atoms with Crippen LogP contribution in [0.4, 0.5) is 0 Å². The molecule has 0 aliphatic heterocycles. The number of nitrogens with zero attached hydrogens (tertiary/aromatic N) is 2. The SMILES string of the molecule is CC(C)(C)c1cc(CCC[Si](C)(C)O[Si](C)(C)C)c2oc(-c3ccc(-c4nc5cc(C(C)(C)C)cc(CCC[Si](C)(C)O[Si](C)(C)C)c5o4)cc3)nc2c1. The maximum absolute atomic E-state index is 6.64. The highest BCUT2D eigenvalue weighted by Crippen LogP contribution is 2.36. The number of benzene rings is 3. The molecule has 5 aromatic rings. The van der Waals surface area contributed by atoms with Crippen LogP contribution in [-0.4, -0.2) is 43.2 Å². The van der Waals surface area contributed by atoms with Crippen molar-refractivity contribution in [3.63, 3.8) is 0 Å². The Labute approximate surface area is 330 Å². The Hall–Kier alpha value is -2.61. The molecule has 6 nitrogen and oxygen atoms in total. The van der Waals surface area contributed by atoms with Crippen LogP contribution in [0, 0.1) is 0 Å². The van der Waals surface area contributed by atoms with Crippen LogP contribution in [0.15, 0.2) is 57.4 Å². The van der Waals surface area contributed by atoms with Gasteiger partial charge in [-0.2, -0.15) is 0 Å². The second kappa shape index (κ2) is 15.4. The Bertz CT molecular complexity index is 1920. The highest BCUT2D eigenvalue weighted by Gasteiger charge is 2.31. The van der Waals surface area contributed by atoms with Crippen molar-refractivity contribution < 1.29 is 17.1 Å². The number of oxazole rings is 2. The van der Waals surface area contributed by atoms with Gasteiger partial charge in [-0.25, -0.2) is 9.97 Å². The van der Waals surface area contributed by atoms with Gasteiger partial charge in [0.25, 0.3) is 0 Å². The van der Waals surface area contributed by atoms with Crippen molar-refractivity contribution >= 4 is 55.5 Å². The molecule has 0 unspecified atom stereocenters. The van der Waals surface area contributed by atoms with E-state index in [1.807, 2.05) is 0 Å². The van der Waals surface area contributed by atoms with Crippen LogP contribution in [-0.2, 0) is 31.9 Å². The standard InChI is InChI=1S/C44H68N2O4Si4/c1-43(2,3)35-27-33(19-17-25-53(13,14)49-51(7,8)9)39-37(29-35)45-41(47-39)31-21-23-32(24-22-31)42-46-38-30-36(44(4,5)6)28-34(40(38)48-42)20-18-26-54(15,16)50-52(10,11)12/h21-24,27-30H,17-20,25-26H2,1-16H3. The summed E-state index contributed by atoms with van der Waals surface area (Å²) in [5, 5.41) is 0. The minimum atomic E-state index is -1.74. The maximum Gasteiger partial charge on any atom is 0.227 e. The highest BCUT2D eigenvalue weighted by molar-refractivity contribution is 6.84. The number of aromatic nitrogens is 2. The molecule has 0 spiro atoms. The fourth-order valence-corrected chi connectivity index (χ4v) is 23.7. The summed E-state index contributed by atoms with van der Waals surface area (Å²) >= 11 is 0. The Balaban J connectivity index is 1.41. The summed E-state index contributed by atoms with van der Waals surface area (Å²) in [6.07, 6.45) is 4.05. The van der Waals surface area contributed by atoms with Crippen molar-refractivity contribution in [2.45, 2.75) is 156 Å². The number of rotatable bonds is 14. The Morgan fingerprint density at radius 2 is 0.852 bits per heavy atom. The van der Waals surface area contributed by atoms with Crippen molar-refractivity contribution in [3.8, 4) is 22.9 Å². The Kier molecular flexibility index (Phi) is 12.1. The van der Waals surface area contributed by atoms with Gasteiger partial charge in [-0.05, 0) is 173 Å². The van der Waals surface area contributed by atoms with E-state index in [9.17, 15) is 0 Å². The first-order valence-electron chi connectivity index (χ1n) is 20.1. The first kappa shape index (κ1) is 42.5. The number of aryl methyl sites for hydroxylation is 2. The van der Waals surface area contributed by atoms with Gasteiger partial charge < -0.3 is 17.1 Å². The molecule has 3 aromatic carbocycles. The quantitative estimate of drug-likeness (QED) is 0.104. The molecule has 0 amide bonds. The summed E-state index contributed by atoms with van der Waals surface area (Å²) in [6, 6.07) is 19.7. The van der Waals surface area contributed by atoms with Gasteiger partial charge in [-0.1, -0.05) is 53.7 Å². The molecule has 54 heavy (non-hydrogen) atoms. The minimum Gasteiger partial charge on any atom is -0.456 e. The predicted octanol–water partition coefficient (Wildman–Crippen LogP) is 13.9. The fourth-order valence-electron chi connectivity index (χ4n) is 7.61. The molecule has 10 heteroatoms. The molecule has 0 radical (unpaired) electrons. The average molecular weight is 801 g/mol. The van der Waals surface area contributed by atoms with E-state index in [4.69, 9.17) is 27.0 Å². The van der Waals surface area contributed by atoms with E-state index >= 15 is 0 Å². The molecule has 5 rings (SSSR count). The minimum absolute atomic E-state index is 0.00610. The molecule has 0 bridgehead atoms. The topological polar surface area (TPSA) is 70.5 Å².